The Morgan fingerprint density at radius 2 is 1.87 bits per heavy atom. The van der Waals surface area contributed by atoms with Crippen LogP contribution in [0.3, 0.4) is 0 Å². The number of benzene rings is 1. The lowest BCUT2D eigenvalue weighted by molar-refractivity contribution is 0.354. The quantitative estimate of drug-likeness (QED) is 0.721. The SMILES string of the molecule is COc1ccc(CCC(C)Cl)cc1OC. The Bertz CT molecular complexity index is 310. The first-order valence-corrected chi connectivity index (χ1v) is 5.46. The summed E-state index contributed by atoms with van der Waals surface area (Å²) in [7, 11) is 3.28. The number of aryl methyl sites for hydroxylation is 1. The normalized spacial score (nSPS) is 12.3. The Balaban J connectivity index is 2.74. The van der Waals surface area contributed by atoms with Gasteiger partial charge in [-0.15, -0.1) is 11.6 Å². The number of halogens is 1. The number of hydrogen-bond acceptors (Lipinski definition) is 2. The molecular weight excluding hydrogens is 212 g/mol. The Labute approximate surface area is 96.2 Å². The minimum absolute atomic E-state index is 0.207. The van der Waals surface area contributed by atoms with Gasteiger partial charge >= 0.3 is 0 Å². The predicted octanol–water partition coefficient (Wildman–Crippen LogP) is 3.26. The lowest BCUT2D eigenvalue weighted by Gasteiger charge is -2.09. The molecule has 0 aliphatic carbocycles. The molecule has 0 spiro atoms. The first kappa shape index (κ1) is 12.2. The molecule has 0 saturated carbocycles. The van der Waals surface area contributed by atoms with Crippen molar-refractivity contribution in [3.8, 4) is 11.5 Å². The molecule has 0 amide bonds. The van der Waals surface area contributed by atoms with Crippen molar-refractivity contribution in [1.82, 2.24) is 0 Å². The van der Waals surface area contributed by atoms with E-state index in [1.165, 1.54) is 5.56 Å². The van der Waals surface area contributed by atoms with E-state index < -0.39 is 0 Å². The van der Waals surface area contributed by atoms with E-state index in [9.17, 15) is 0 Å². The Morgan fingerprint density at radius 3 is 2.40 bits per heavy atom. The molecule has 0 radical (unpaired) electrons. The maximum atomic E-state index is 5.90. The molecule has 1 unspecified atom stereocenters. The summed E-state index contributed by atoms with van der Waals surface area (Å²) in [4.78, 5) is 0. The minimum atomic E-state index is 0.207. The zero-order valence-corrected chi connectivity index (χ0v) is 10.2. The zero-order valence-electron chi connectivity index (χ0n) is 9.42. The monoisotopic (exact) mass is 228 g/mol. The van der Waals surface area contributed by atoms with Crippen LogP contribution in [0.15, 0.2) is 18.2 Å². The smallest absolute Gasteiger partial charge is 0.160 e. The van der Waals surface area contributed by atoms with Crippen LogP contribution >= 0.6 is 11.6 Å². The van der Waals surface area contributed by atoms with Gasteiger partial charge in [-0.3, -0.25) is 0 Å². The summed E-state index contributed by atoms with van der Waals surface area (Å²) < 4.78 is 10.4. The van der Waals surface area contributed by atoms with Gasteiger partial charge in [0.2, 0.25) is 0 Å². The molecule has 15 heavy (non-hydrogen) atoms. The van der Waals surface area contributed by atoms with E-state index >= 15 is 0 Å². The molecular formula is C12H17ClO2. The highest BCUT2D eigenvalue weighted by Crippen LogP contribution is 2.28. The molecule has 0 saturated heterocycles. The van der Waals surface area contributed by atoms with Crippen LogP contribution in [-0.2, 0) is 6.42 Å². The summed E-state index contributed by atoms with van der Waals surface area (Å²) in [5.74, 6) is 1.54. The molecule has 1 aromatic rings. The minimum Gasteiger partial charge on any atom is -0.493 e. The van der Waals surface area contributed by atoms with E-state index in [-0.39, 0.29) is 5.38 Å². The molecule has 0 bridgehead atoms. The fraction of sp³-hybridized carbons (Fsp3) is 0.500. The molecule has 1 rings (SSSR count). The third kappa shape index (κ3) is 3.63. The molecule has 1 atom stereocenters. The third-order valence-corrected chi connectivity index (χ3v) is 2.50. The van der Waals surface area contributed by atoms with Crippen LogP contribution in [-0.4, -0.2) is 19.6 Å². The van der Waals surface area contributed by atoms with Gasteiger partial charge < -0.3 is 9.47 Å². The van der Waals surface area contributed by atoms with Gasteiger partial charge in [-0.25, -0.2) is 0 Å². The van der Waals surface area contributed by atoms with E-state index in [1.54, 1.807) is 14.2 Å². The predicted molar refractivity (Wildman–Crippen MR) is 63.2 cm³/mol. The highest BCUT2D eigenvalue weighted by Gasteiger charge is 2.05. The van der Waals surface area contributed by atoms with Crippen LogP contribution in [0.4, 0.5) is 0 Å². The van der Waals surface area contributed by atoms with Crippen LogP contribution in [0.1, 0.15) is 18.9 Å². The van der Waals surface area contributed by atoms with Crippen molar-refractivity contribution in [1.29, 1.82) is 0 Å². The average Bonchev–Trinajstić information content (AvgIpc) is 2.25. The van der Waals surface area contributed by atoms with Crippen molar-refractivity contribution >= 4 is 11.6 Å². The molecule has 3 heteroatoms. The maximum Gasteiger partial charge on any atom is 0.160 e. The first-order valence-electron chi connectivity index (χ1n) is 5.02. The summed E-state index contributed by atoms with van der Waals surface area (Å²) in [5, 5.41) is 0.207. The van der Waals surface area contributed by atoms with Crippen LogP contribution in [0.25, 0.3) is 0 Å². The fourth-order valence-corrected chi connectivity index (χ4v) is 1.51. The summed E-state index contributed by atoms with van der Waals surface area (Å²) in [6.45, 7) is 2.00. The molecule has 0 fully saturated rings. The Hall–Kier alpha value is -0.890. The molecule has 0 aliphatic heterocycles. The van der Waals surface area contributed by atoms with Gasteiger partial charge in [-0.1, -0.05) is 6.07 Å². The van der Waals surface area contributed by atoms with Crippen molar-refractivity contribution in [3.05, 3.63) is 23.8 Å². The van der Waals surface area contributed by atoms with Gasteiger partial charge in [0.05, 0.1) is 14.2 Å². The van der Waals surface area contributed by atoms with E-state index in [1.807, 2.05) is 25.1 Å². The topological polar surface area (TPSA) is 18.5 Å². The summed E-state index contributed by atoms with van der Waals surface area (Å²) in [5.41, 5.74) is 1.22. The molecule has 0 N–H and O–H groups in total. The molecule has 0 aliphatic rings. The largest absolute Gasteiger partial charge is 0.493 e. The lowest BCUT2D eigenvalue weighted by Crippen LogP contribution is -1.96. The highest BCUT2D eigenvalue weighted by atomic mass is 35.5. The van der Waals surface area contributed by atoms with Crippen molar-refractivity contribution < 1.29 is 9.47 Å². The second kappa shape index (κ2) is 5.86. The second-order valence-corrected chi connectivity index (χ2v) is 4.25. The molecule has 1 aromatic carbocycles. The highest BCUT2D eigenvalue weighted by molar-refractivity contribution is 6.20. The number of methoxy groups -OCH3 is 2. The van der Waals surface area contributed by atoms with Crippen molar-refractivity contribution in [2.24, 2.45) is 0 Å². The van der Waals surface area contributed by atoms with Crippen LogP contribution in [0.5, 0.6) is 11.5 Å². The number of rotatable bonds is 5. The van der Waals surface area contributed by atoms with Gasteiger partial charge in [0.15, 0.2) is 11.5 Å². The summed E-state index contributed by atoms with van der Waals surface area (Å²) in [6, 6.07) is 5.96. The average molecular weight is 229 g/mol. The van der Waals surface area contributed by atoms with Crippen molar-refractivity contribution in [2.75, 3.05) is 14.2 Å². The van der Waals surface area contributed by atoms with E-state index in [0.29, 0.717) is 0 Å². The number of ether oxygens (including phenoxy) is 2. The zero-order chi connectivity index (χ0) is 11.3. The fourth-order valence-electron chi connectivity index (χ4n) is 1.40. The number of alkyl halides is 1. The van der Waals surface area contributed by atoms with E-state index in [0.717, 1.165) is 24.3 Å². The second-order valence-electron chi connectivity index (χ2n) is 3.51. The molecule has 84 valence electrons. The van der Waals surface area contributed by atoms with Gasteiger partial charge in [0, 0.05) is 5.38 Å². The third-order valence-electron chi connectivity index (χ3n) is 2.28. The van der Waals surface area contributed by atoms with Gasteiger partial charge in [0.1, 0.15) is 0 Å². The van der Waals surface area contributed by atoms with E-state index in [4.69, 9.17) is 21.1 Å². The Morgan fingerprint density at radius 1 is 1.20 bits per heavy atom. The van der Waals surface area contributed by atoms with Gasteiger partial charge in [-0.2, -0.15) is 0 Å². The van der Waals surface area contributed by atoms with Crippen molar-refractivity contribution in [2.45, 2.75) is 25.1 Å². The Kier molecular flexibility index (Phi) is 4.76. The number of hydrogen-bond donors (Lipinski definition) is 0. The maximum absolute atomic E-state index is 5.90. The first-order chi connectivity index (χ1) is 7.17. The van der Waals surface area contributed by atoms with Crippen LogP contribution in [0, 0.1) is 0 Å². The summed E-state index contributed by atoms with van der Waals surface area (Å²) >= 11 is 5.90. The van der Waals surface area contributed by atoms with Gasteiger partial charge in [0.25, 0.3) is 0 Å². The van der Waals surface area contributed by atoms with Crippen LogP contribution in [0.2, 0.25) is 0 Å². The van der Waals surface area contributed by atoms with E-state index in [2.05, 4.69) is 0 Å². The van der Waals surface area contributed by atoms with Gasteiger partial charge in [-0.05, 0) is 37.5 Å². The van der Waals surface area contributed by atoms with Crippen LogP contribution < -0.4 is 9.47 Å². The molecule has 2 nitrogen and oxygen atoms in total. The standard InChI is InChI=1S/C12H17ClO2/c1-9(13)4-5-10-6-7-11(14-2)12(8-10)15-3/h6-9H,4-5H2,1-3H3. The molecule has 0 heterocycles. The molecule has 0 aromatic heterocycles. The lowest BCUT2D eigenvalue weighted by atomic mass is 10.1. The van der Waals surface area contributed by atoms with Crippen molar-refractivity contribution in [3.63, 3.8) is 0 Å². The summed E-state index contributed by atoms with van der Waals surface area (Å²) in [6.07, 6.45) is 1.93.